The third-order valence-corrected chi connectivity index (χ3v) is 4.37. The molecule has 0 bridgehead atoms. The van der Waals surface area contributed by atoms with Gasteiger partial charge < -0.3 is 15.3 Å². The van der Waals surface area contributed by atoms with Gasteiger partial charge in [0.25, 0.3) is 11.8 Å². The van der Waals surface area contributed by atoms with E-state index in [-0.39, 0.29) is 25.0 Å². The van der Waals surface area contributed by atoms with Crippen LogP contribution in [0.15, 0.2) is 36.7 Å². The summed E-state index contributed by atoms with van der Waals surface area (Å²) < 4.78 is 3.42. The molecule has 0 aromatic carbocycles. The molecule has 4 rings (SSSR count). The molecule has 134 valence electrons. The quantitative estimate of drug-likeness (QED) is 0.681. The van der Waals surface area contributed by atoms with Gasteiger partial charge in [0.2, 0.25) is 0 Å². The number of pyridine rings is 1. The summed E-state index contributed by atoms with van der Waals surface area (Å²) in [4.78, 5) is 26.6. The maximum absolute atomic E-state index is 12.9. The molecule has 0 radical (unpaired) electrons. The standard InChI is InChI=1S/C17H18N6O3/c24-8-4-18-16(25)14-9-12-11-21(6-7-22(12)20-14)17(26)13-10-19-23-5-2-1-3-15(13)23/h1-3,5,9-10,24H,4,6-8,11H2,(H,18,25). The zero-order chi connectivity index (χ0) is 18.1. The number of aliphatic hydroxyl groups excluding tert-OH is 1. The van der Waals surface area contributed by atoms with Crippen molar-refractivity contribution in [3.8, 4) is 0 Å². The van der Waals surface area contributed by atoms with Gasteiger partial charge in [-0.25, -0.2) is 4.52 Å². The van der Waals surface area contributed by atoms with E-state index < -0.39 is 0 Å². The first-order chi connectivity index (χ1) is 12.7. The van der Waals surface area contributed by atoms with E-state index in [1.54, 1.807) is 32.6 Å². The number of nitrogens with zero attached hydrogens (tertiary/aromatic N) is 5. The highest BCUT2D eigenvalue weighted by Gasteiger charge is 2.26. The van der Waals surface area contributed by atoms with Crippen molar-refractivity contribution in [3.05, 3.63) is 53.6 Å². The summed E-state index contributed by atoms with van der Waals surface area (Å²) in [6.07, 6.45) is 3.38. The first kappa shape index (κ1) is 16.3. The Morgan fingerprint density at radius 2 is 2.15 bits per heavy atom. The number of rotatable bonds is 4. The Balaban J connectivity index is 1.54. The van der Waals surface area contributed by atoms with Crippen molar-refractivity contribution in [2.45, 2.75) is 13.1 Å². The number of fused-ring (bicyclic) bond motifs is 2. The van der Waals surface area contributed by atoms with Crippen LogP contribution in [0.4, 0.5) is 0 Å². The van der Waals surface area contributed by atoms with Gasteiger partial charge in [0.05, 0.1) is 42.7 Å². The fourth-order valence-corrected chi connectivity index (χ4v) is 3.08. The number of hydrogen-bond acceptors (Lipinski definition) is 5. The van der Waals surface area contributed by atoms with Gasteiger partial charge in [0.15, 0.2) is 5.69 Å². The number of aromatic nitrogens is 4. The van der Waals surface area contributed by atoms with E-state index >= 15 is 0 Å². The number of amides is 2. The van der Waals surface area contributed by atoms with Crippen LogP contribution in [0.25, 0.3) is 5.52 Å². The Hall–Kier alpha value is -3.20. The third-order valence-electron chi connectivity index (χ3n) is 4.37. The van der Waals surface area contributed by atoms with Gasteiger partial charge in [-0.1, -0.05) is 6.07 Å². The summed E-state index contributed by atoms with van der Waals surface area (Å²) in [6, 6.07) is 7.27. The topological polar surface area (TPSA) is 105 Å². The lowest BCUT2D eigenvalue weighted by Gasteiger charge is -2.27. The Bertz CT molecular complexity index is 976. The number of carbonyl (C=O) groups is 2. The Kier molecular flexibility index (Phi) is 4.13. The molecule has 4 heterocycles. The third kappa shape index (κ3) is 2.82. The van der Waals surface area contributed by atoms with Gasteiger partial charge in [-0.3, -0.25) is 14.3 Å². The maximum atomic E-state index is 12.9. The Morgan fingerprint density at radius 3 is 3.00 bits per heavy atom. The van der Waals surface area contributed by atoms with Crippen LogP contribution in [0.2, 0.25) is 0 Å². The van der Waals surface area contributed by atoms with Crippen LogP contribution in [0.1, 0.15) is 26.5 Å². The Labute approximate surface area is 148 Å². The van der Waals surface area contributed by atoms with Crippen LogP contribution in [0.3, 0.4) is 0 Å². The molecule has 9 heteroatoms. The molecular formula is C17H18N6O3. The van der Waals surface area contributed by atoms with E-state index in [0.717, 1.165) is 11.2 Å². The van der Waals surface area contributed by atoms with Crippen molar-refractivity contribution in [2.75, 3.05) is 19.7 Å². The number of aliphatic hydroxyl groups is 1. The van der Waals surface area contributed by atoms with Gasteiger partial charge in [-0.15, -0.1) is 0 Å². The van der Waals surface area contributed by atoms with Crippen molar-refractivity contribution >= 4 is 17.3 Å². The van der Waals surface area contributed by atoms with Crippen LogP contribution in [0, 0.1) is 0 Å². The molecule has 0 saturated heterocycles. The first-order valence-electron chi connectivity index (χ1n) is 8.35. The predicted molar refractivity (Wildman–Crippen MR) is 91.6 cm³/mol. The molecule has 3 aromatic rings. The monoisotopic (exact) mass is 354 g/mol. The highest BCUT2D eigenvalue weighted by Crippen LogP contribution is 2.19. The maximum Gasteiger partial charge on any atom is 0.271 e. The minimum absolute atomic E-state index is 0.0927. The van der Waals surface area contributed by atoms with Crippen molar-refractivity contribution < 1.29 is 14.7 Å². The average Bonchev–Trinajstić information content (AvgIpc) is 3.29. The lowest BCUT2D eigenvalue weighted by atomic mass is 10.2. The molecule has 0 atom stereocenters. The fraction of sp³-hybridized carbons (Fsp3) is 0.294. The molecule has 26 heavy (non-hydrogen) atoms. The van der Waals surface area contributed by atoms with Gasteiger partial charge in [-0.2, -0.15) is 10.2 Å². The van der Waals surface area contributed by atoms with Crippen LogP contribution in [-0.4, -0.2) is 60.9 Å². The minimum Gasteiger partial charge on any atom is -0.395 e. The summed E-state index contributed by atoms with van der Waals surface area (Å²) in [5, 5.41) is 19.9. The molecule has 1 aliphatic rings. The van der Waals surface area contributed by atoms with Gasteiger partial charge in [0, 0.05) is 19.3 Å². The molecule has 3 aromatic heterocycles. The van der Waals surface area contributed by atoms with Crippen LogP contribution in [-0.2, 0) is 13.1 Å². The fourth-order valence-electron chi connectivity index (χ4n) is 3.08. The SMILES string of the molecule is O=C(NCCO)c1cc2n(n1)CCN(C(=O)c1cnn3ccccc13)C2. The van der Waals surface area contributed by atoms with Crippen LogP contribution in [0.5, 0.6) is 0 Å². The second kappa shape index (κ2) is 6.60. The summed E-state index contributed by atoms with van der Waals surface area (Å²) in [7, 11) is 0. The van der Waals surface area contributed by atoms with E-state index in [1.165, 1.54) is 0 Å². The number of hydrogen-bond donors (Lipinski definition) is 2. The number of nitrogens with one attached hydrogen (secondary N) is 1. The highest BCUT2D eigenvalue weighted by atomic mass is 16.3. The molecule has 9 nitrogen and oxygen atoms in total. The van der Waals surface area contributed by atoms with Crippen molar-refractivity contribution in [3.63, 3.8) is 0 Å². The smallest absolute Gasteiger partial charge is 0.271 e. The molecule has 1 aliphatic heterocycles. The summed E-state index contributed by atoms with van der Waals surface area (Å²) in [6.45, 7) is 1.47. The summed E-state index contributed by atoms with van der Waals surface area (Å²) >= 11 is 0. The van der Waals surface area contributed by atoms with Gasteiger partial charge >= 0.3 is 0 Å². The summed E-state index contributed by atoms with van der Waals surface area (Å²) in [5.41, 5.74) is 2.41. The minimum atomic E-state index is -0.332. The zero-order valence-electron chi connectivity index (χ0n) is 14.0. The van der Waals surface area contributed by atoms with E-state index in [1.807, 2.05) is 18.2 Å². The molecule has 0 saturated carbocycles. The predicted octanol–water partition coefficient (Wildman–Crippen LogP) is -0.0911. The summed E-state index contributed by atoms with van der Waals surface area (Å²) in [5.74, 6) is -0.425. The van der Waals surface area contributed by atoms with Crippen molar-refractivity contribution in [1.29, 1.82) is 0 Å². The normalized spacial score (nSPS) is 13.7. The second-order valence-corrected chi connectivity index (χ2v) is 6.04. The van der Waals surface area contributed by atoms with Crippen molar-refractivity contribution in [1.82, 2.24) is 29.6 Å². The van der Waals surface area contributed by atoms with E-state index in [4.69, 9.17) is 5.11 Å². The van der Waals surface area contributed by atoms with Crippen LogP contribution >= 0.6 is 0 Å². The molecule has 0 aliphatic carbocycles. The zero-order valence-corrected chi connectivity index (χ0v) is 14.0. The molecule has 0 fully saturated rings. The van der Waals surface area contributed by atoms with Gasteiger partial charge in [0.1, 0.15) is 0 Å². The molecule has 0 spiro atoms. The molecule has 2 amide bonds. The molecule has 0 unspecified atom stereocenters. The first-order valence-corrected chi connectivity index (χ1v) is 8.35. The highest BCUT2D eigenvalue weighted by molar-refractivity contribution is 6.00. The lowest BCUT2D eigenvalue weighted by Crippen LogP contribution is -2.38. The average molecular weight is 354 g/mol. The van der Waals surface area contributed by atoms with Crippen molar-refractivity contribution in [2.24, 2.45) is 0 Å². The van der Waals surface area contributed by atoms with E-state index in [2.05, 4.69) is 15.5 Å². The number of carbonyl (C=O) groups excluding carboxylic acids is 2. The van der Waals surface area contributed by atoms with Gasteiger partial charge in [-0.05, 0) is 18.2 Å². The van der Waals surface area contributed by atoms with Crippen LogP contribution < -0.4 is 5.32 Å². The lowest BCUT2D eigenvalue weighted by molar-refractivity contribution is 0.0707. The largest absolute Gasteiger partial charge is 0.395 e. The van der Waals surface area contributed by atoms with E-state index in [9.17, 15) is 9.59 Å². The molecule has 2 N–H and O–H groups in total. The Morgan fingerprint density at radius 1 is 1.27 bits per heavy atom. The van der Waals surface area contributed by atoms with E-state index in [0.29, 0.717) is 30.9 Å². The second-order valence-electron chi connectivity index (χ2n) is 6.04. The molecular weight excluding hydrogens is 336 g/mol.